The van der Waals surface area contributed by atoms with E-state index in [0.29, 0.717) is 12.8 Å². The number of rotatable bonds is 3. The Labute approximate surface area is 96.1 Å². The smallest absolute Gasteiger partial charge is 0.242 e. The standard InChI is InChI=1S/C11H21N3O2/c1-7(8(15)14-10(2,3)4)13-9(16)11(12)5-6-11/h7H,5-6,12H2,1-4H3,(H,13,16)(H,14,15). The highest BCUT2D eigenvalue weighted by Crippen LogP contribution is 2.32. The topological polar surface area (TPSA) is 84.2 Å². The van der Waals surface area contributed by atoms with E-state index in [1.165, 1.54) is 0 Å². The van der Waals surface area contributed by atoms with Crippen LogP contribution in [-0.4, -0.2) is 28.9 Å². The van der Waals surface area contributed by atoms with E-state index in [0.717, 1.165) is 0 Å². The highest BCUT2D eigenvalue weighted by molar-refractivity contribution is 5.93. The van der Waals surface area contributed by atoms with Crippen molar-refractivity contribution in [2.24, 2.45) is 5.73 Å². The monoisotopic (exact) mass is 227 g/mol. The lowest BCUT2D eigenvalue weighted by Crippen LogP contribution is -2.54. The molecule has 2 amide bonds. The number of nitrogens with two attached hydrogens (primary N) is 1. The summed E-state index contributed by atoms with van der Waals surface area (Å²) in [6, 6.07) is -0.548. The van der Waals surface area contributed by atoms with Gasteiger partial charge in [0.05, 0.1) is 5.54 Å². The summed E-state index contributed by atoms with van der Waals surface area (Å²) in [6.07, 6.45) is 1.40. The van der Waals surface area contributed by atoms with Crippen LogP contribution in [0.3, 0.4) is 0 Å². The van der Waals surface area contributed by atoms with Gasteiger partial charge in [-0.25, -0.2) is 0 Å². The van der Waals surface area contributed by atoms with Crippen molar-refractivity contribution in [2.45, 2.75) is 57.7 Å². The molecule has 1 unspecified atom stereocenters. The largest absolute Gasteiger partial charge is 0.350 e. The van der Waals surface area contributed by atoms with Gasteiger partial charge in [-0.3, -0.25) is 9.59 Å². The van der Waals surface area contributed by atoms with E-state index < -0.39 is 11.6 Å². The molecule has 0 heterocycles. The van der Waals surface area contributed by atoms with Crippen molar-refractivity contribution < 1.29 is 9.59 Å². The first kappa shape index (κ1) is 13.0. The molecule has 1 aliphatic carbocycles. The number of amides is 2. The molecule has 1 saturated carbocycles. The zero-order valence-electron chi connectivity index (χ0n) is 10.4. The number of hydrogen-bond donors (Lipinski definition) is 3. The van der Waals surface area contributed by atoms with Crippen molar-refractivity contribution in [1.29, 1.82) is 0 Å². The molecule has 1 fully saturated rings. The summed E-state index contributed by atoms with van der Waals surface area (Å²) >= 11 is 0. The summed E-state index contributed by atoms with van der Waals surface area (Å²) in [6.45, 7) is 7.34. The van der Waals surface area contributed by atoms with Gasteiger partial charge in [0.1, 0.15) is 6.04 Å². The van der Waals surface area contributed by atoms with E-state index in [4.69, 9.17) is 5.73 Å². The lowest BCUT2D eigenvalue weighted by atomic mass is 10.1. The van der Waals surface area contributed by atoms with E-state index in [-0.39, 0.29) is 17.4 Å². The van der Waals surface area contributed by atoms with Crippen LogP contribution in [0.1, 0.15) is 40.5 Å². The van der Waals surface area contributed by atoms with Gasteiger partial charge < -0.3 is 16.4 Å². The first-order valence-corrected chi connectivity index (χ1v) is 5.56. The minimum Gasteiger partial charge on any atom is -0.350 e. The Balaban J connectivity index is 2.43. The first-order chi connectivity index (χ1) is 7.14. The van der Waals surface area contributed by atoms with Crippen molar-refractivity contribution >= 4 is 11.8 Å². The first-order valence-electron chi connectivity index (χ1n) is 5.56. The molecule has 0 aromatic heterocycles. The van der Waals surface area contributed by atoms with E-state index in [9.17, 15) is 9.59 Å². The summed E-state index contributed by atoms with van der Waals surface area (Å²) in [5, 5.41) is 5.43. The molecule has 0 saturated heterocycles. The highest BCUT2D eigenvalue weighted by Gasteiger charge is 2.46. The molecule has 16 heavy (non-hydrogen) atoms. The molecular weight excluding hydrogens is 206 g/mol. The molecular formula is C11H21N3O2. The fourth-order valence-electron chi connectivity index (χ4n) is 1.25. The van der Waals surface area contributed by atoms with Crippen LogP contribution in [0.5, 0.6) is 0 Å². The molecule has 0 bridgehead atoms. The van der Waals surface area contributed by atoms with Gasteiger partial charge >= 0.3 is 0 Å². The van der Waals surface area contributed by atoms with Gasteiger partial charge in [0.15, 0.2) is 0 Å². The Morgan fingerprint density at radius 2 is 1.81 bits per heavy atom. The number of carbonyl (C=O) groups excluding carboxylic acids is 2. The minimum absolute atomic E-state index is 0.190. The lowest BCUT2D eigenvalue weighted by Gasteiger charge is -2.24. The number of nitrogens with one attached hydrogen (secondary N) is 2. The second-order valence-electron chi connectivity index (χ2n) is 5.59. The molecule has 1 rings (SSSR count). The normalized spacial score (nSPS) is 19.8. The molecule has 0 radical (unpaired) electrons. The maximum atomic E-state index is 11.7. The molecule has 0 aromatic rings. The summed E-state index contributed by atoms with van der Waals surface area (Å²) in [5.74, 6) is -0.422. The lowest BCUT2D eigenvalue weighted by molar-refractivity contribution is -0.130. The van der Waals surface area contributed by atoms with Gasteiger partial charge in [-0.15, -0.1) is 0 Å². The number of hydrogen-bond acceptors (Lipinski definition) is 3. The van der Waals surface area contributed by atoms with Crippen molar-refractivity contribution in [3.8, 4) is 0 Å². The van der Waals surface area contributed by atoms with E-state index >= 15 is 0 Å². The van der Waals surface area contributed by atoms with E-state index in [1.807, 2.05) is 20.8 Å². The van der Waals surface area contributed by atoms with Gasteiger partial charge in [-0.05, 0) is 40.5 Å². The fraction of sp³-hybridized carbons (Fsp3) is 0.818. The SMILES string of the molecule is CC(NC(=O)C1(N)CC1)C(=O)NC(C)(C)C. The molecule has 4 N–H and O–H groups in total. The third-order valence-corrected chi connectivity index (χ3v) is 2.48. The highest BCUT2D eigenvalue weighted by atomic mass is 16.2. The third kappa shape index (κ3) is 3.48. The fourth-order valence-corrected chi connectivity index (χ4v) is 1.25. The number of carbonyl (C=O) groups is 2. The average molecular weight is 227 g/mol. The molecule has 1 atom stereocenters. The van der Waals surface area contributed by atoms with Gasteiger partial charge in [-0.1, -0.05) is 0 Å². The second-order valence-corrected chi connectivity index (χ2v) is 5.59. The van der Waals surface area contributed by atoms with Crippen LogP contribution in [0.4, 0.5) is 0 Å². The van der Waals surface area contributed by atoms with Crippen LogP contribution in [0.25, 0.3) is 0 Å². The molecule has 0 spiro atoms. The van der Waals surface area contributed by atoms with Gasteiger partial charge in [0.2, 0.25) is 11.8 Å². The maximum Gasteiger partial charge on any atom is 0.242 e. The predicted octanol–water partition coefficient (Wildman–Crippen LogP) is -0.103. The van der Waals surface area contributed by atoms with Crippen LogP contribution in [0.15, 0.2) is 0 Å². The molecule has 1 aliphatic rings. The summed E-state index contributed by atoms with van der Waals surface area (Å²) in [7, 11) is 0. The zero-order chi connectivity index (χ0) is 12.6. The average Bonchev–Trinajstić information content (AvgIpc) is 2.81. The molecule has 5 nitrogen and oxygen atoms in total. The minimum atomic E-state index is -0.726. The van der Waals surface area contributed by atoms with E-state index in [2.05, 4.69) is 10.6 Å². The summed E-state index contributed by atoms with van der Waals surface area (Å²) in [4.78, 5) is 23.3. The van der Waals surface area contributed by atoms with Gasteiger partial charge in [-0.2, -0.15) is 0 Å². The van der Waals surface area contributed by atoms with Crippen molar-refractivity contribution in [3.63, 3.8) is 0 Å². The maximum absolute atomic E-state index is 11.7. The van der Waals surface area contributed by atoms with Crippen LogP contribution in [-0.2, 0) is 9.59 Å². The quantitative estimate of drug-likeness (QED) is 0.629. The second kappa shape index (κ2) is 4.05. The Kier molecular flexibility index (Phi) is 3.28. The predicted molar refractivity (Wildman–Crippen MR) is 61.7 cm³/mol. The van der Waals surface area contributed by atoms with Crippen LogP contribution in [0, 0.1) is 0 Å². The molecule has 0 aromatic carbocycles. The van der Waals surface area contributed by atoms with Crippen molar-refractivity contribution in [3.05, 3.63) is 0 Å². The Morgan fingerprint density at radius 1 is 1.31 bits per heavy atom. The van der Waals surface area contributed by atoms with Gasteiger partial charge in [0, 0.05) is 5.54 Å². The van der Waals surface area contributed by atoms with Crippen LogP contribution in [0.2, 0.25) is 0 Å². The Hall–Kier alpha value is -1.10. The van der Waals surface area contributed by atoms with Crippen LogP contribution < -0.4 is 16.4 Å². The van der Waals surface area contributed by atoms with Crippen molar-refractivity contribution in [1.82, 2.24) is 10.6 Å². The zero-order valence-corrected chi connectivity index (χ0v) is 10.4. The molecule has 5 heteroatoms. The van der Waals surface area contributed by atoms with Crippen LogP contribution >= 0.6 is 0 Å². The Morgan fingerprint density at radius 3 is 2.19 bits per heavy atom. The Bertz CT molecular complexity index is 303. The van der Waals surface area contributed by atoms with E-state index in [1.54, 1.807) is 6.92 Å². The molecule has 92 valence electrons. The molecule has 0 aliphatic heterocycles. The summed E-state index contributed by atoms with van der Waals surface area (Å²) < 4.78 is 0. The summed E-state index contributed by atoms with van der Waals surface area (Å²) in [5.41, 5.74) is 4.70. The van der Waals surface area contributed by atoms with Gasteiger partial charge in [0.25, 0.3) is 0 Å². The van der Waals surface area contributed by atoms with Crippen molar-refractivity contribution in [2.75, 3.05) is 0 Å². The third-order valence-electron chi connectivity index (χ3n) is 2.48.